The van der Waals surface area contributed by atoms with E-state index in [1.807, 2.05) is 0 Å². The van der Waals surface area contributed by atoms with Gasteiger partial charge in [-0.25, -0.2) is 4.79 Å². The molecule has 2 aromatic carbocycles. The Morgan fingerprint density at radius 2 is 2.05 bits per heavy atom. The number of aliphatic hydroxyl groups is 1. The molecule has 2 N–H and O–H groups in total. The first-order chi connectivity index (χ1) is 9.02. The molecule has 0 radical (unpaired) electrons. The first-order valence-electron chi connectivity index (χ1n) is 5.79. The smallest absolute Gasteiger partial charge is 0.339 e. The Hall–Kier alpha value is -1.78. The summed E-state index contributed by atoms with van der Waals surface area (Å²) in [6, 6.07) is 8.14. The van der Waals surface area contributed by atoms with Gasteiger partial charge in [0.25, 0.3) is 0 Å². The number of hydrogen-bond acceptors (Lipinski definition) is 4. The summed E-state index contributed by atoms with van der Waals surface area (Å²) in [4.78, 5) is 11.5. The van der Waals surface area contributed by atoms with Crippen LogP contribution in [-0.2, 0) is 9.53 Å². The molecule has 2 aromatic rings. The molecule has 4 nitrogen and oxygen atoms in total. The van der Waals surface area contributed by atoms with Crippen molar-refractivity contribution >= 4 is 28.3 Å². The summed E-state index contributed by atoms with van der Waals surface area (Å²) in [7, 11) is 0. The summed E-state index contributed by atoms with van der Waals surface area (Å²) in [5, 5.41) is 21.8. The lowest BCUT2D eigenvalue weighted by Crippen LogP contribution is -2.15. The predicted octanol–water partition coefficient (Wildman–Crippen LogP) is 2.80. The third-order valence-electron chi connectivity index (χ3n) is 2.75. The average Bonchev–Trinajstić information content (AvgIpc) is 2.38. The molecule has 2 rings (SSSR count). The lowest BCUT2D eigenvalue weighted by molar-refractivity contribution is -0.153. The second-order valence-electron chi connectivity index (χ2n) is 4.06. The molecule has 0 aliphatic rings. The first-order valence-corrected chi connectivity index (χ1v) is 6.17. The molecule has 1 unspecified atom stereocenters. The zero-order valence-corrected chi connectivity index (χ0v) is 11.0. The predicted molar refractivity (Wildman–Crippen MR) is 72.2 cm³/mol. The van der Waals surface area contributed by atoms with Gasteiger partial charge in [-0.2, -0.15) is 0 Å². The van der Waals surface area contributed by atoms with Gasteiger partial charge in [-0.3, -0.25) is 0 Å². The molecule has 0 aromatic heterocycles. The van der Waals surface area contributed by atoms with Gasteiger partial charge in [-0.1, -0.05) is 17.7 Å². The maximum Gasteiger partial charge on any atom is 0.339 e. The number of phenolic OH excluding ortho intramolecular Hbond substituents is 1. The van der Waals surface area contributed by atoms with E-state index in [0.717, 1.165) is 10.8 Å². The van der Waals surface area contributed by atoms with Crippen LogP contribution >= 0.6 is 11.6 Å². The van der Waals surface area contributed by atoms with Crippen molar-refractivity contribution in [2.24, 2.45) is 0 Å². The van der Waals surface area contributed by atoms with Gasteiger partial charge in [0, 0.05) is 10.6 Å². The number of carbonyl (C=O) groups is 1. The van der Waals surface area contributed by atoms with E-state index in [1.165, 1.54) is 12.1 Å². The van der Waals surface area contributed by atoms with Gasteiger partial charge < -0.3 is 14.9 Å². The van der Waals surface area contributed by atoms with E-state index in [-0.39, 0.29) is 17.9 Å². The molecule has 19 heavy (non-hydrogen) atoms. The van der Waals surface area contributed by atoms with Crippen molar-refractivity contribution < 1.29 is 19.7 Å². The van der Waals surface area contributed by atoms with E-state index in [9.17, 15) is 15.0 Å². The Morgan fingerprint density at radius 1 is 1.32 bits per heavy atom. The summed E-state index contributed by atoms with van der Waals surface area (Å²) >= 11 is 5.89. The van der Waals surface area contributed by atoms with Crippen molar-refractivity contribution in [3.05, 3.63) is 40.9 Å². The van der Waals surface area contributed by atoms with Crippen LogP contribution in [-0.4, -0.2) is 22.8 Å². The molecule has 0 heterocycles. The third-order valence-corrected chi connectivity index (χ3v) is 2.99. The highest BCUT2D eigenvalue weighted by Gasteiger charge is 2.22. The molecule has 5 heteroatoms. The van der Waals surface area contributed by atoms with Crippen molar-refractivity contribution in [2.75, 3.05) is 6.61 Å². The van der Waals surface area contributed by atoms with Crippen molar-refractivity contribution in [3.63, 3.8) is 0 Å². The van der Waals surface area contributed by atoms with Gasteiger partial charge in [-0.05, 0) is 42.0 Å². The fourth-order valence-corrected chi connectivity index (χ4v) is 2.02. The number of phenols is 1. The molecule has 0 spiro atoms. The molecule has 100 valence electrons. The van der Waals surface area contributed by atoms with E-state index in [2.05, 4.69) is 0 Å². The molecule has 1 atom stereocenters. The lowest BCUT2D eigenvalue weighted by Gasteiger charge is -2.12. The SMILES string of the molecule is CCOC(=O)C(O)c1cc2cc(Cl)ccc2cc1O. The van der Waals surface area contributed by atoms with Gasteiger partial charge in [0.1, 0.15) is 5.75 Å². The number of aliphatic hydroxyl groups excluding tert-OH is 1. The molecule has 0 bridgehead atoms. The quantitative estimate of drug-likeness (QED) is 0.849. The minimum atomic E-state index is -1.51. The average molecular weight is 281 g/mol. The number of hydrogen-bond donors (Lipinski definition) is 2. The molecular formula is C14H13ClO4. The molecule has 0 aliphatic heterocycles. The second kappa shape index (κ2) is 5.47. The van der Waals surface area contributed by atoms with Crippen LogP contribution in [0.5, 0.6) is 5.75 Å². The van der Waals surface area contributed by atoms with Crippen molar-refractivity contribution in [1.82, 2.24) is 0 Å². The van der Waals surface area contributed by atoms with E-state index < -0.39 is 12.1 Å². The second-order valence-corrected chi connectivity index (χ2v) is 4.49. The van der Waals surface area contributed by atoms with Crippen molar-refractivity contribution in [2.45, 2.75) is 13.0 Å². The highest BCUT2D eigenvalue weighted by atomic mass is 35.5. The molecule has 0 saturated heterocycles. The highest BCUT2D eigenvalue weighted by molar-refractivity contribution is 6.31. The number of fused-ring (bicyclic) bond motifs is 1. The number of ether oxygens (including phenoxy) is 1. The Morgan fingerprint density at radius 3 is 2.74 bits per heavy atom. The first kappa shape index (κ1) is 13.6. The number of rotatable bonds is 3. The summed E-state index contributed by atoms with van der Waals surface area (Å²) in [6.07, 6.45) is -1.51. The number of benzene rings is 2. The van der Waals surface area contributed by atoms with Crippen molar-refractivity contribution in [1.29, 1.82) is 0 Å². The van der Waals surface area contributed by atoms with Gasteiger partial charge in [0.2, 0.25) is 0 Å². The fraction of sp³-hybridized carbons (Fsp3) is 0.214. The lowest BCUT2D eigenvalue weighted by atomic mass is 10.0. The standard InChI is InChI=1S/C14H13ClO4/c1-2-19-14(18)13(17)11-6-9-5-10(15)4-3-8(9)7-12(11)16/h3-7,13,16-17H,2H2,1H3. The minimum Gasteiger partial charge on any atom is -0.508 e. The van der Waals surface area contributed by atoms with Gasteiger partial charge >= 0.3 is 5.97 Å². The Labute approximate surface area is 115 Å². The Bertz CT molecular complexity index is 624. The molecular weight excluding hydrogens is 268 g/mol. The molecule has 0 fully saturated rings. The van der Waals surface area contributed by atoms with Crippen LogP contribution in [0, 0.1) is 0 Å². The third kappa shape index (κ3) is 2.80. The molecule has 0 aliphatic carbocycles. The molecule has 0 amide bonds. The van der Waals surface area contributed by atoms with E-state index >= 15 is 0 Å². The summed E-state index contributed by atoms with van der Waals surface area (Å²) in [5.41, 5.74) is 0.105. The van der Waals surface area contributed by atoms with Crippen LogP contribution < -0.4 is 0 Å². The van der Waals surface area contributed by atoms with Gasteiger partial charge in [-0.15, -0.1) is 0 Å². The summed E-state index contributed by atoms with van der Waals surface area (Å²) in [6.45, 7) is 1.81. The van der Waals surface area contributed by atoms with Crippen LogP contribution in [0.4, 0.5) is 0 Å². The van der Waals surface area contributed by atoms with Crippen LogP contribution in [0.25, 0.3) is 10.8 Å². The maximum atomic E-state index is 11.5. The number of aromatic hydroxyl groups is 1. The largest absolute Gasteiger partial charge is 0.508 e. The molecule has 0 saturated carbocycles. The zero-order chi connectivity index (χ0) is 14.0. The monoisotopic (exact) mass is 280 g/mol. The van der Waals surface area contributed by atoms with Crippen LogP contribution in [0.2, 0.25) is 5.02 Å². The van der Waals surface area contributed by atoms with Gasteiger partial charge in [0.15, 0.2) is 6.10 Å². The normalized spacial score (nSPS) is 12.4. The summed E-state index contributed by atoms with van der Waals surface area (Å²) < 4.78 is 4.72. The Kier molecular flexibility index (Phi) is 3.93. The van der Waals surface area contributed by atoms with Gasteiger partial charge in [0.05, 0.1) is 6.61 Å². The van der Waals surface area contributed by atoms with E-state index in [1.54, 1.807) is 25.1 Å². The van der Waals surface area contributed by atoms with Crippen LogP contribution in [0.3, 0.4) is 0 Å². The maximum absolute atomic E-state index is 11.5. The minimum absolute atomic E-state index is 0.105. The van der Waals surface area contributed by atoms with Crippen LogP contribution in [0.1, 0.15) is 18.6 Å². The van der Waals surface area contributed by atoms with E-state index in [4.69, 9.17) is 16.3 Å². The number of esters is 1. The topological polar surface area (TPSA) is 66.8 Å². The fourth-order valence-electron chi connectivity index (χ4n) is 1.84. The highest BCUT2D eigenvalue weighted by Crippen LogP contribution is 2.31. The Balaban J connectivity index is 2.48. The number of halogens is 1. The number of carbonyl (C=O) groups excluding carboxylic acids is 1. The van der Waals surface area contributed by atoms with Crippen molar-refractivity contribution in [3.8, 4) is 5.75 Å². The van der Waals surface area contributed by atoms with Crippen LogP contribution in [0.15, 0.2) is 30.3 Å². The van der Waals surface area contributed by atoms with E-state index in [0.29, 0.717) is 5.02 Å². The zero-order valence-electron chi connectivity index (χ0n) is 10.3. The summed E-state index contributed by atoms with van der Waals surface area (Å²) in [5.74, 6) is -0.949.